The molecule has 0 saturated carbocycles. The topological polar surface area (TPSA) is 46.5 Å². The summed E-state index contributed by atoms with van der Waals surface area (Å²) in [5, 5.41) is 8.49. The fourth-order valence-electron chi connectivity index (χ4n) is 0.869. The summed E-state index contributed by atoms with van der Waals surface area (Å²) >= 11 is 0. The van der Waals surface area contributed by atoms with Gasteiger partial charge in [-0.3, -0.25) is 4.79 Å². The van der Waals surface area contributed by atoms with E-state index in [-0.39, 0.29) is 5.92 Å². The van der Waals surface area contributed by atoms with Crippen molar-refractivity contribution in [2.45, 2.75) is 19.4 Å². The molecule has 1 fully saturated rings. The number of carboxylic acid groups (broad SMARTS) is 1. The third kappa shape index (κ3) is 0.920. The Hall–Kier alpha value is -0.570. The van der Waals surface area contributed by atoms with Gasteiger partial charge in [0.05, 0.1) is 12.2 Å². The van der Waals surface area contributed by atoms with Crippen LogP contribution >= 0.6 is 0 Å². The van der Waals surface area contributed by atoms with Crippen LogP contribution in [0.2, 0.25) is 0 Å². The Kier molecular flexibility index (Phi) is 1.24. The Morgan fingerprint density at radius 3 is 2.33 bits per heavy atom. The average Bonchev–Trinajstić information content (AvgIpc) is 1.62. The highest BCUT2D eigenvalue weighted by Gasteiger charge is 2.45. The first-order valence-electron chi connectivity index (χ1n) is 2.91. The first-order valence-corrected chi connectivity index (χ1v) is 2.91. The first kappa shape index (κ1) is 6.55. The molecule has 0 radical (unpaired) electrons. The number of hydrogen-bond acceptors (Lipinski definition) is 2. The van der Waals surface area contributed by atoms with Crippen LogP contribution in [-0.4, -0.2) is 23.3 Å². The second-order valence-electron chi connectivity index (χ2n) is 2.81. The van der Waals surface area contributed by atoms with Crippen LogP contribution in [0, 0.1) is 5.92 Å². The molecule has 3 heteroatoms. The smallest absolute Gasteiger partial charge is 0.311 e. The molecule has 9 heavy (non-hydrogen) atoms. The molecular weight excluding hydrogens is 120 g/mol. The SMILES string of the molecule is CC1(C)OCC1C(=O)O. The van der Waals surface area contributed by atoms with E-state index in [9.17, 15) is 4.79 Å². The second kappa shape index (κ2) is 1.70. The molecule has 1 rings (SSSR count). The summed E-state index contributed by atoms with van der Waals surface area (Å²) in [7, 11) is 0. The first-order chi connectivity index (χ1) is 4.04. The van der Waals surface area contributed by atoms with Crippen LogP contribution in [0.15, 0.2) is 0 Å². The predicted molar refractivity (Wildman–Crippen MR) is 31.2 cm³/mol. The lowest BCUT2D eigenvalue weighted by molar-refractivity contribution is -0.201. The monoisotopic (exact) mass is 130 g/mol. The summed E-state index contributed by atoms with van der Waals surface area (Å²) in [4.78, 5) is 10.3. The summed E-state index contributed by atoms with van der Waals surface area (Å²) in [6.07, 6.45) is 0. The minimum Gasteiger partial charge on any atom is -0.481 e. The van der Waals surface area contributed by atoms with Crippen LogP contribution in [0.5, 0.6) is 0 Å². The molecule has 0 aliphatic carbocycles. The van der Waals surface area contributed by atoms with Crippen molar-refractivity contribution in [3.05, 3.63) is 0 Å². The van der Waals surface area contributed by atoms with E-state index >= 15 is 0 Å². The van der Waals surface area contributed by atoms with E-state index in [4.69, 9.17) is 9.84 Å². The van der Waals surface area contributed by atoms with Gasteiger partial charge in [-0.1, -0.05) is 0 Å². The highest BCUT2D eigenvalue weighted by atomic mass is 16.5. The van der Waals surface area contributed by atoms with Gasteiger partial charge in [0.25, 0.3) is 0 Å². The largest absolute Gasteiger partial charge is 0.481 e. The standard InChI is InChI=1S/C6H10O3/c1-6(2)4(3-9-6)5(7)8/h4H,3H2,1-2H3,(H,7,8). The van der Waals surface area contributed by atoms with Crippen molar-refractivity contribution < 1.29 is 14.6 Å². The van der Waals surface area contributed by atoms with E-state index in [1.165, 1.54) is 0 Å². The van der Waals surface area contributed by atoms with Crippen molar-refractivity contribution in [1.29, 1.82) is 0 Å². The van der Waals surface area contributed by atoms with E-state index in [0.717, 1.165) is 0 Å². The van der Waals surface area contributed by atoms with Gasteiger partial charge in [0.15, 0.2) is 0 Å². The summed E-state index contributed by atoms with van der Waals surface area (Å²) in [6, 6.07) is 0. The van der Waals surface area contributed by atoms with Crippen LogP contribution in [0.4, 0.5) is 0 Å². The van der Waals surface area contributed by atoms with Crippen molar-refractivity contribution in [1.82, 2.24) is 0 Å². The second-order valence-corrected chi connectivity index (χ2v) is 2.81. The van der Waals surface area contributed by atoms with Gasteiger partial charge in [0.2, 0.25) is 0 Å². The Bertz CT molecular complexity index is 139. The summed E-state index contributed by atoms with van der Waals surface area (Å²) < 4.78 is 5.01. The number of hydrogen-bond donors (Lipinski definition) is 1. The van der Waals surface area contributed by atoms with Gasteiger partial charge < -0.3 is 9.84 Å². The highest BCUT2D eigenvalue weighted by Crippen LogP contribution is 2.31. The Balaban J connectivity index is 2.55. The quantitative estimate of drug-likeness (QED) is 0.562. The van der Waals surface area contributed by atoms with Crippen molar-refractivity contribution in [3.8, 4) is 0 Å². The molecule has 52 valence electrons. The maximum atomic E-state index is 10.3. The van der Waals surface area contributed by atoms with Gasteiger partial charge in [-0.25, -0.2) is 0 Å². The molecule has 1 saturated heterocycles. The molecule has 0 aromatic heterocycles. The molecule has 1 aliphatic rings. The molecule has 1 aliphatic heterocycles. The molecule has 1 heterocycles. The van der Waals surface area contributed by atoms with Crippen molar-refractivity contribution >= 4 is 5.97 Å². The van der Waals surface area contributed by atoms with Crippen molar-refractivity contribution in [2.24, 2.45) is 5.92 Å². The molecule has 0 spiro atoms. The van der Waals surface area contributed by atoms with Gasteiger partial charge in [0, 0.05) is 0 Å². The van der Waals surface area contributed by atoms with Gasteiger partial charge in [-0.05, 0) is 13.8 Å². The fraction of sp³-hybridized carbons (Fsp3) is 0.833. The lowest BCUT2D eigenvalue weighted by Crippen LogP contribution is -2.52. The Morgan fingerprint density at radius 2 is 2.33 bits per heavy atom. The maximum Gasteiger partial charge on any atom is 0.311 e. The highest BCUT2D eigenvalue weighted by molar-refractivity contribution is 5.72. The van der Waals surface area contributed by atoms with Crippen molar-refractivity contribution in [3.63, 3.8) is 0 Å². The van der Waals surface area contributed by atoms with E-state index < -0.39 is 11.6 Å². The Labute approximate surface area is 53.6 Å². The molecule has 3 nitrogen and oxygen atoms in total. The molecule has 0 amide bonds. The fourth-order valence-corrected chi connectivity index (χ4v) is 0.869. The minimum absolute atomic E-state index is 0.308. The van der Waals surface area contributed by atoms with E-state index in [1.807, 2.05) is 0 Å². The molecular formula is C6H10O3. The number of aliphatic carboxylic acids is 1. The van der Waals surface area contributed by atoms with Crippen LogP contribution in [0.1, 0.15) is 13.8 Å². The zero-order chi connectivity index (χ0) is 7.07. The summed E-state index contributed by atoms with van der Waals surface area (Å²) in [6.45, 7) is 3.94. The normalized spacial score (nSPS) is 31.1. The third-order valence-electron chi connectivity index (χ3n) is 1.76. The number of rotatable bonds is 1. The van der Waals surface area contributed by atoms with Gasteiger partial charge >= 0.3 is 5.97 Å². The van der Waals surface area contributed by atoms with Crippen LogP contribution in [0.25, 0.3) is 0 Å². The van der Waals surface area contributed by atoms with Gasteiger partial charge in [-0.2, -0.15) is 0 Å². The van der Waals surface area contributed by atoms with Crippen molar-refractivity contribution in [2.75, 3.05) is 6.61 Å². The number of carboxylic acids is 1. The minimum atomic E-state index is -0.758. The molecule has 1 N–H and O–H groups in total. The van der Waals surface area contributed by atoms with E-state index in [0.29, 0.717) is 6.61 Å². The van der Waals surface area contributed by atoms with Crippen LogP contribution in [-0.2, 0) is 9.53 Å². The summed E-state index contributed by atoms with van der Waals surface area (Å²) in [5.41, 5.74) is -0.439. The number of carbonyl (C=O) groups is 1. The lowest BCUT2D eigenvalue weighted by atomic mass is 9.86. The maximum absolute atomic E-state index is 10.3. The lowest BCUT2D eigenvalue weighted by Gasteiger charge is -2.41. The van der Waals surface area contributed by atoms with Crippen LogP contribution in [0.3, 0.4) is 0 Å². The molecule has 0 bridgehead atoms. The predicted octanol–water partition coefficient (Wildman–Crippen LogP) is 0.496. The zero-order valence-electron chi connectivity index (χ0n) is 5.55. The molecule has 0 aromatic carbocycles. The van der Waals surface area contributed by atoms with Gasteiger partial charge in [-0.15, -0.1) is 0 Å². The third-order valence-corrected chi connectivity index (χ3v) is 1.76. The van der Waals surface area contributed by atoms with Crippen LogP contribution < -0.4 is 0 Å². The molecule has 0 aromatic rings. The van der Waals surface area contributed by atoms with E-state index in [1.54, 1.807) is 13.8 Å². The summed E-state index contributed by atoms with van der Waals surface area (Å²) in [5.74, 6) is -1.07. The number of ether oxygens (including phenoxy) is 1. The average molecular weight is 130 g/mol. The van der Waals surface area contributed by atoms with E-state index in [2.05, 4.69) is 0 Å². The molecule has 1 unspecified atom stereocenters. The zero-order valence-corrected chi connectivity index (χ0v) is 5.55. The Morgan fingerprint density at radius 1 is 1.78 bits per heavy atom. The van der Waals surface area contributed by atoms with Gasteiger partial charge in [0.1, 0.15) is 5.92 Å². The molecule has 1 atom stereocenters.